The fourth-order valence-electron chi connectivity index (χ4n) is 6.13. The van der Waals surface area contributed by atoms with Crippen molar-refractivity contribution in [3.8, 4) is 0 Å². The van der Waals surface area contributed by atoms with Crippen LogP contribution in [-0.2, 0) is 15.6 Å². The van der Waals surface area contributed by atoms with E-state index in [4.69, 9.17) is 0 Å². The van der Waals surface area contributed by atoms with Gasteiger partial charge in [0.25, 0.3) is 0 Å². The van der Waals surface area contributed by atoms with E-state index in [0.717, 1.165) is 63.0 Å². The normalized spacial score (nSPS) is 25.1. The van der Waals surface area contributed by atoms with Gasteiger partial charge in [-0.15, -0.1) is 0 Å². The number of nitrogens with zero attached hydrogens (tertiary/aromatic N) is 2. The van der Waals surface area contributed by atoms with Crippen molar-refractivity contribution in [2.45, 2.75) is 90.9 Å². The van der Waals surface area contributed by atoms with E-state index in [-0.39, 0.29) is 16.6 Å². The van der Waals surface area contributed by atoms with Gasteiger partial charge in [0.2, 0.25) is 0 Å². The number of unbranched alkanes of at least 4 members (excludes halogenated alkanes) is 2. The van der Waals surface area contributed by atoms with Crippen molar-refractivity contribution in [3.63, 3.8) is 0 Å². The third-order valence-electron chi connectivity index (χ3n) is 8.73. The lowest BCUT2D eigenvalue weighted by Gasteiger charge is -2.30. The van der Waals surface area contributed by atoms with E-state index >= 15 is 0 Å². The van der Waals surface area contributed by atoms with Gasteiger partial charge in [-0.3, -0.25) is 4.79 Å². The van der Waals surface area contributed by atoms with Gasteiger partial charge in [-0.1, -0.05) is 76.9 Å². The van der Waals surface area contributed by atoms with Crippen LogP contribution in [0.4, 0.5) is 11.4 Å². The zero-order valence-corrected chi connectivity index (χ0v) is 23.2. The second-order valence-corrected chi connectivity index (χ2v) is 10.9. The molecule has 2 unspecified atom stereocenters. The molecule has 0 bridgehead atoms. The van der Waals surface area contributed by atoms with Crippen molar-refractivity contribution in [2.75, 3.05) is 22.9 Å². The Hall–Kier alpha value is -2.81. The molecule has 192 valence electrons. The van der Waals surface area contributed by atoms with Crippen LogP contribution in [0.25, 0.3) is 0 Å². The molecule has 0 saturated carbocycles. The third kappa shape index (κ3) is 4.31. The highest BCUT2D eigenvalue weighted by molar-refractivity contribution is 6.02. The molecule has 2 aromatic rings. The number of ketones is 1. The van der Waals surface area contributed by atoms with Gasteiger partial charge in [0.1, 0.15) is 0 Å². The summed E-state index contributed by atoms with van der Waals surface area (Å²) in [5.74, 6) is 0.1000. The molecule has 0 spiro atoms. The zero-order chi connectivity index (χ0) is 25.9. The maximum Gasteiger partial charge on any atom is 0.182 e. The molecule has 2 aromatic carbocycles. The number of benzene rings is 2. The van der Waals surface area contributed by atoms with Gasteiger partial charge in [-0.05, 0) is 62.8 Å². The van der Waals surface area contributed by atoms with E-state index in [1.165, 1.54) is 22.5 Å². The Labute approximate surface area is 218 Å². The zero-order valence-electron chi connectivity index (χ0n) is 23.2. The Kier molecular flexibility index (Phi) is 7.78. The van der Waals surface area contributed by atoms with Crippen LogP contribution in [0.3, 0.4) is 0 Å². The summed E-state index contributed by atoms with van der Waals surface area (Å²) in [5.41, 5.74) is 7.18. The highest BCUT2D eigenvalue weighted by Crippen LogP contribution is 2.51. The Bertz CT molecular complexity index is 1070. The quantitative estimate of drug-likeness (QED) is 0.317. The number of anilines is 2. The minimum Gasteiger partial charge on any atom is -0.344 e. The molecule has 0 aliphatic carbocycles. The SMILES string of the molecule is CCCCN1/C(=C\C(=O)/C=C2\N(CCCC)c3ccccc3C2(C)CC)C(C)(CC)c2ccccc21. The summed E-state index contributed by atoms with van der Waals surface area (Å²) in [6, 6.07) is 17.4. The smallest absolute Gasteiger partial charge is 0.182 e. The molecule has 2 aliphatic rings. The van der Waals surface area contributed by atoms with E-state index in [1.807, 2.05) is 12.2 Å². The van der Waals surface area contributed by atoms with Crippen LogP contribution < -0.4 is 9.80 Å². The Balaban J connectivity index is 1.79. The number of para-hydroxylation sites is 2. The van der Waals surface area contributed by atoms with E-state index in [0.29, 0.717) is 0 Å². The summed E-state index contributed by atoms with van der Waals surface area (Å²) in [4.78, 5) is 18.7. The fraction of sp³-hybridized carbons (Fsp3) is 0.485. The van der Waals surface area contributed by atoms with E-state index < -0.39 is 0 Å². The van der Waals surface area contributed by atoms with Crippen molar-refractivity contribution in [3.05, 3.63) is 83.2 Å². The van der Waals surface area contributed by atoms with Crippen molar-refractivity contribution < 1.29 is 4.79 Å². The van der Waals surface area contributed by atoms with E-state index in [1.54, 1.807) is 0 Å². The lowest BCUT2D eigenvalue weighted by Crippen LogP contribution is -2.31. The van der Waals surface area contributed by atoms with Crippen molar-refractivity contribution >= 4 is 17.2 Å². The summed E-state index contributed by atoms with van der Waals surface area (Å²) in [6.07, 6.45) is 10.3. The molecule has 4 rings (SSSR count). The first-order valence-corrected chi connectivity index (χ1v) is 14.1. The summed E-state index contributed by atoms with van der Waals surface area (Å²) < 4.78 is 0. The Morgan fingerprint density at radius 1 is 0.694 bits per heavy atom. The van der Waals surface area contributed by atoms with Crippen LogP contribution in [0.2, 0.25) is 0 Å². The van der Waals surface area contributed by atoms with Gasteiger partial charge < -0.3 is 9.80 Å². The lowest BCUT2D eigenvalue weighted by atomic mass is 9.78. The standard InChI is InChI=1S/C33H44N2O/c1-7-11-21-34-28-19-15-13-17-26(28)32(5,9-3)30(34)23-25(36)24-31-33(6,10-4)27-18-14-16-20-29(27)35(31)22-12-8-2/h13-20,23-24H,7-12,21-22H2,1-6H3/b30-23-,31-24-. The molecule has 2 heterocycles. The van der Waals surface area contributed by atoms with Crippen molar-refractivity contribution in [1.82, 2.24) is 0 Å². The Morgan fingerprint density at radius 2 is 1.08 bits per heavy atom. The number of carbonyl (C=O) groups is 1. The van der Waals surface area contributed by atoms with Crippen LogP contribution in [0.5, 0.6) is 0 Å². The fourth-order valence-corrected chi connectivity index (χ4v) is 6.13. The topological polar surface area (TPSA) is 23.6 Å². The molecule has 2 atom stereocenters. The van der Waals surface area contributed by atoms with Gasteiger partial charge in [0.15, 0.2) is 5.78 Å². The summed E-state index contributed by atoms with van der Waals surface area (Å²) in [7, 11) is 0. The number of carbonyl (C=O) groups excluding carboxylic acids is 1. The molecule has 36 heavy (non-hydrogen) atoms. The number of rotatable bonds is 10. The summed E-state index contributed by atoms with van der Waals surface area (Å²) in [5, 5.41) is 0. The molecule has 3 nitrogen and oxygen atoms in total. The van der Waals surface area contributed by atoms with Crippen molar-refractivity contribution in [2.24, 2.45) is 0 Å². The number of hydrogen-bond acceptors (Lipinski definition) is 3. The van der Waals surface area contributed by atoms with E-state index in [9.17, 15) is 4.79 Å². The van der Waals surface area contributed by atoms with Gasteiger partial charge >= 0.3 is 0 Å². The van der Waals surface area contributed by atoms with Crippen molar-refractivity contribution in [1.29, 1.82) is 0 Å². The molecular formula is C33H44N2O. The number of fused-ring (bicyclic) bond motifs is 2. The molecule has 2 aliphatic heterocycles. The second kappa shape index (κ2) is 10.7. The molecule has 0 saturated heterocycles. The maximum absolute atomic E-state index is 13.9. The average Bonchev–Trinajstić information content (AvgIpc) is 3.28. The number of hydrogen-bond donors (Lipinski definition) is 0. The largest absolute Gasteiger partial charge is 0.344 e. The molecular weight excluding hydrogens is 440 g/mol. The molecule has 0 fully saturated rings. The maximum atomic E-state index is 13.9. The van der Waals surface area contributed by atoms with Crippen LogP contribution in [0.1, 0.15) is 91.2 Å². The molecule has 0 radical (unpaired) electrons. The predicted octanol–water partition coefficient (Wildman–Crippen LogP) is 8.30. The van der Waals surface area contributed by atoms with Gasteiger partial charge in [0, 0.05) is 58.8 Å². The minimum atomic E-state index is -0.160. The molecule has 0 amide bonds. The number of allylic oxidation sites excluding steroid dienone is 4. The monoisotopic (exact) mass is 484 g/mol. The van der Waals surface area contributed by atoms with Crippen LogP contribution >= 0.6 is 0 Å². The Morgan fingerprint density at radius 3 is 1.44 bits per heavy atom. The van der Waals surface area contributed by atoms with Crippen LogP contribution in [0, 0.1) is 0 Å². The highest BCUT2D eigenvalue weighted by atomic mass is 16.1. The van der Waals surface area contributed by atoms with Gasteiger partial charge in [0.05, 0.1) is 0 Å². The first-order chi connectivity index (χ1) is 17.4. The lowest BCUT2D eigenvalue weighted by molar-refractivity contribution is -0.110. The van der Waals surface area contributed by atoms with Crippen LogP contribution in [-0.4, -0.2) is 18.9 Å². The second-order valence-electron chi connectivity index (χ2n) is 10.9. The molecule has 0 aromatic heterocycles. The summed E-state index contributed by atoms with van der Waals surface area (Å²) in [6.45, 7) is 15.4. The summed E-state index contributed by atoms with van der Waals surface area (Å²) >= 11 is 0. The highest BCUT2D eigenvalue weighted by Gasteiger charge is 2.44. The third-order valence-corrected chi connectivity index (χ3v) is 8.73. The minimum absolute atomic E-state index is 0.1000. The van der Waals surface area contributed by atoms with Gasteiger partial charge in [-0.2, -0.15) is 0 Å². The molecule has 0 N–H and O–H groups in total. The first-order valence-electron chi connectivity index (χ1n) is 14.1. The molecule has 3 heteroatoms. The average molecular weight is 485 g/mol. The van der Waals surface area contributed by atoms with E-state index in [2.05, 4.69) is 99.9 Å². The first kappa shape index (κ1) is 26.3. The van der Waals surface area contributed by atoms with Gasteiger partial charge in [-0.25, -0.2) is 0 Å². The predicted molar refractivity (Wildman–Crippen MR) is 154 cm³/mol. The van der Waals surface area contributed by atoms with Crippen LogP contribution in [0.15, 0.2) is 72.1 Å².